The highest BCUT2D eigenvalue weighted by Crippen LogP contribution is 2.30. The minimum absolute atomic E-state index is 0.219. The third kappa shape index (κ3) is 3.83. The predicted octanol–water partition coefficient (Wildman–Crippen LogP) is 3.15. The van der Waals surface area contributed by atoms with Crippen LogP contribution in [0, 0.1) is 6.92 Å². The lowest BCUT2D eigenvalue weighted by atomic mass is 9.94. The number of aromatic nitrogens is 4. The zero-order chi connectivity index (χ0) is 18.8. The number of aromatic carboxylic acids is 1. The summed E-state index contributed by atoms with van der Waals surface area (Å²) < 4.78 is 0. The van der Waals surface area contributed by atoms with Crippen molar-refractivity contribution in [3.8, 4) is 11.4 Å². The molecular weight excluding hydrogens is 364 g/mol. The molecule has 4 N–H and O–H groups in total. The third-order valence-electron chi connectivity index (χ3n) is 4.59. The van der Waals surface area contributed by atoms with Crippen LogP contribution in [0.1, 0.15) is 39.8 Å². The van der Waals surface area contributed by atoms with Crippen molar-refractivity contribution in [2.75, 3.05) is 18.4 Å². The lowest BCUT2D eigenvalue weighted by Gasteiger charge is -2.22. The van der Waals surface area contributed by atoms with Crippen molar-refractivity contribution >= 4 is 28.4 Å². The molecule has 3 aromatic heterocycles. The first-order valence-electron chi connectivity index (χ1n) is 8.81. The first-order valence-corrected chi connectivity index (χ1v) is 9.63. The van der Waals surface area contributed by atoms with Crippen molar-refractivity contribution < 1.29 is 9.90 Å². The summed E-state index contributed by atoms with van der Waals surface area (Å²) in [5, 5.41) is 16.2. The Morgan fingerprint density at radius 1 is 1.30 bits per heavy atom. The number of H-pyrrole nitrogens is 1. The molecular formula is C18H20N6O2S. The Bertz CT molecular complexity index is 947. The molecule has 9 heteroatoms. The summed E-state index contributed by atoms with van der Waals surface area (Å²) in [5.74, 6) is -0.174. The molecule has 0 radical (unpaired) electrons. The molecule has 1 fully saturated rings. The van der Waals surface area contributed by atoms with Crippen LogP contribution < -0.4 is 10.6 Å². The number of aryl methyl sites for hydroxylation is 1. The van der Waals surface area contributed by atoms with Crippen LogP contribution in [0.4, 0.5) is 11.1 Å². The zero-order valence-electron chi connectivity index (χ0n) is 14.8. The number of thiazole rings is 1. The van der Waals surface area contributed by atoms with Gasteiger partial charge in [0.05, 0.1) is 17.1 Å². The fourth-order valence-corrected chi connectivity index (χ4v) is 4.02. The van der Waals surface area contributed by atoms with E-state index in [0.29, 0.717) is 22.7 Å². The molecule has 27 heavy (non-hydrogen) atoms. The number of hydrogen-bond acceptors (Lipinski definition) is 7. The van der Waals surface area contributed by atoms with Crippen molar-refractivity contribution in [1.29, 1.82) is 0 Å². The SMILES string of the molecule is Cc1nc(Nc2nc(-c3ccc[nH]3)cc(C3CCNCC3)n2)sc1C(=O)O. The van der Waals surface area contributed by atoms with Gasteiger partial charge in [0, 0.05) is 17.8 Å². The number of anilines is 2. The van der Waals surface area contributed by atoms with Gasteiger partial charge in [-0.15, -0.1) is 0 Å². The molecule has 0 atom stereocenters. The summed E-state index contributed by atoms with van der Waals surface area (Å²) in [6.07, 6.45) is 3.92. The molecule has 0 spiro atoms. The van der Waals surface area contributed by atoms with E-state index in [1.54, 1.807) is 6.92 Å². The van der Waals surface area contributed by atoms with E-state index in [1.165, 1.54) is 0 Å². The Hall–Kier alpha value is -2.78. The Morgan fingerprint density at radius 2 is 2.11 bits per heavy atom. The Kier molecular flexibility index (Phi) is 4.87. The van der Waals surface area contributed by atoms with E-state index in [4.69, 9.17) is 4.98 Å². The van der Waals surface area contributed by atoms with Crippen molar-refractivity contribution in [2.45, 2.75) is 25.7 Å². The molecule has 1 aliphatic heterocycles. The molecule has 1 aliphatic rings. The zero-order valence-corrected chi connectivity index (χ0v) is 15.6. The van der Waals surface area contributed by atoms with Crippen LogP contribution in [0.15, 0.2) is 24.4 Å². The fraction of sp³-hybridized carbons (Fsp3) is 0.333. The lowest BCUT2D eigenvalue weighted by molar-refractivity contribution is 0.0701. The second-order valence-electron chi connectivity index (χ2n) is 6.47. The smallest absolute Gasteiger partial charge is 0.347 e. The van der Waals surface area contributed by atoms with Gasteiger partial charge < -0.3 is 15.4 Å². The molecule has 8 nitrogen and oxygen atoms in total. The van der Waals surface area contributed by atoms with Crippen LogP contribution in [0.5, 0.6) is 0 Å². The average Bonchev–Trinajstić information content (AvgIpc) is 3.32. The minimum Gasteiger partial charge on any atom is -0.477 e. The van der Waals surface area contributed by atoms with Crippen molar-refractivity contribution in [3.05, 3.63) is 40.7 Å². The maximum absolute atomic E-state index is 11.3. The number of aromatic amines is 1. The number of nitrogens with zero attached hydrogens (tertiary/aromatic N) is 3. The number of carbonyl (C=O) groups is 1. The van der Waals surface area contributed by atoms with Gasteiger partial charge in [-0.25, -0.2) is 19.7 Å². The van der Waals surface area contributed by atoms with E-state index < -0.39 is 5.97 Å². The highest BCUT2D eigenvalue weighted by Gasteiger charge is 2.20. The van der Waals surface area contributed by atoms with Gasteiger partial charge in [-0.1, -0.05) is 11.3 Å². The van der Waals surface area contributed by atoms with Crippen molar-refractivity contribution in [2.24, 2.45) is 0 Å². The topological polar surface area (TPSA) is 116 Å². The van der Waals surface area contributed by atoms with E-state index in [1.807, 2.05) is 24.4 Å². The first kappa shape index (κ1) is 17.6. The number of carboxylic acid groups (broad SMARTS) is 1. The number of rotatable bonds is 5. The second kappa shape index (κ2) is 7.45. The number of piperidine rings is 1. The quantitative estimate of drug-likeness (QED) is 0.534. The lowest BCUT2D eigenvalue weighted by Crippen LogP contribution is -2.27. The van der Waals surface area contributed by atoms with E-state index >= 15 is 0 Å². The minimum atomic E-state index is -0.977. The van der Waals surface area contributed by atoms with Crippen molar-refractivity contribution in [1.82, 2.24) is 25.3 Å². The predicted molar refractivity (Wildman–Crippen MR) is 104 cm³/mol. The van der Waals surface area contributed by atoms with Gasteiger partial charge in [0.1, 0.15) is 4.88 Å². The number of carboxylic acids is 1. The second-order valence-corrected chi connectivity index (χ2v) is 7.47. The molecule has 0 aliphatic carbocycles. The van der Waals surface area contributed by atoms with E-state index in [-0.39, 0.29) is 4.88 Å². The monoisotopic (exact) mass is 384 g/mol. The number of hydrogen-bond donors (Lipinski definition) is 4. The summed E-state index contributed by atoms with van der Waals surface area (Å²) in [7, 11) is 0. The standard InChI is InChI=1S/C18H20N6O2S/c1-10-15(16(25)26)27-18(21-10)24-17-22-13(11-4-7-19-8-5-11)9-14(23-17)12-3-2-6-20-12/h2-3,6,9,11,19-20H,4-5,7-8H2,1H3,(H,25,26)(H,21,22,23,24). The summed E-state index contributed by atoms with van der Waals surface area (Å²) in [4.78, 5) is 28.3. The number of nitrogens with one attached hydrogen (secondary N) is 3. The largest absolute Gasteiger partial charge is 0.477 e. The maximum Gasteiger partial charge on any atom is 0.347 e. The molecule has 0 unspecified atom stereocenters. The molecule has 4 heterocycles. The molecule has 0 saturated carbocycles. The maximum atomic E-state index is 11.3. The summed E-state index contributed by atoms with van der Waals surface area (Å²) in [6.45, 7) is 3.63. The molecule has 3 aromatic rings. The Morgan fingerprint density at radius 3 is 2.78 bits per heavy atom. The van der Waals surface area contributed by atoms with Gasteiger partial charge in [-0.05, 0) is 51.1 Å². The first-order chi connectivity index (χ1) is 13.1. The van der Waals surface area contributed by atoms with Gasteiger partial charge in [0.15, 0.2) is 5.13 Å². The van der Waals surface area contributed by atoms with Crippen LogP contribution in [0.3, 0.4) is 0 Å². The highest BCUT2D eigenvalue weighted by molar-refractivity contribution is 7.17. The van der Waals surface area contributed by atoms with E-state index in [0.717, 1.165) is 54.3 Å². The van der Waals surface area contributed by atoms with Gasteiger partial charge >= 0.3 is 5.97 Å². The molecule has 140 valence electrons. The van der Waals surface area contributed by atoms with Gasteiger partial charge in [-0.2, -0.15) is 0 Å². The van der Waals surface area contributed by atoms with E-state index in [2.05, 4.69) is 25.6 Å². The molecule has 0 aromatic carbocycles. The fourth-order valence-electron chi connectivity index (χ4n) is 3.22. The Labute approximate surface area is 160 Å². The Balaban J connectivity index is 1.69. The van der Waals surface area contributed by atoms with Crippen LogP contribution in [0.2, 0.25) is 0 Å². The van der Waals surface area contributed by atoms with E-state index in [9.17, 15) is 9.90 Å². The normalized spacial score (nSPS) is 15.0. The van der Waals surface area contributed by atoms with Crippen LogP contribution in [-0.4, -0.2) is 44.1 Å². The molecule has 0 bridgehead atoms. The van der Waals surface area contributed by atoms with Gasteiger partial charge in [-0.3, -0.25) is 5.32 Å². The molecule has 1 saturated heterocycles. The highest BCUT2D eigenvalue weighted by atomic mass is 32.1. The summed E-state index contributed by atoms with van der Waals surface area (Å²) in [6, 6.07) is 5.93. The third-order valence-corrected chi connectivity index (χ3v) is 5.65. The van der Waals surface area contributed by atoms with Crippen molar-refractivity contribution in [3.63, 3.8) is 0 Å². The molecule has 0 amide bonds. The van der Waals surface area contributed by atoms with Crippen LogP contribution in [0.25, 0.3) is 11.4 Å². The van der Waals surface area contributed by atoms with Crippen LogP contribution >= 0.6 is 11.3 Å². The van der Waals surface area contributed by atoms with Gasteiger partial charge in [0.25, 0.3) is 0 Å². The average molecular weight is 384 g/mol. The summed E-state index contributed by atoms with van der Waals surface area (Å²) in [5.41, 5.74) is 3.19. The van der Waals surface area contributed by atoms with Gasteiger partial charge in [0.2, 0.25) is 5.95 Å². The van der Waals surface area contributed by atoms with Crippen LogP contribution in [-0.2, 0) is 0 Å². The summed E-state index contributed by atoms with van der Waals surface area (Å²) >= 11 is 1.09. The molecule has 4 rings (SSSR count).